The summed E-state index contributed by atoms with van der Waals surface area (Å²) in [5.41, 5.74) is 1.84. The highest BCUT2D eigenvalue weighted by Gasteiger charge is 2.21. The second-order valence-electron chi connectivity index (χ2n) is 5.64. The van der Waals surface area contributed by atoms with Gasteiger partial charge in [0.25, 0.3) is 5.91 Å². The number of nitriles is 1. The van der Waals surface area contributed by atoms with Gasteiger partial charge in [-0.1, -0.05) is 12.1 Å². The highest BCUT2D eigenvalue weighted by molar-refractivity contribution is 5.96. The molecule has 1 aliphatic heterocycles. The average molecular weight is 335 g/mol. The molecule has 1 aliphatic rings. The molecule has 126 valence electrons. The van der Waals surface area contributed by atoms with E-state index in [1.54, 1.807) is 41.3 Å². The van der Waals surface area contributed by atoms with Gasteiger partial charge in [-0.3, -0.25) is 9.59 Å². The first-order valence-corrected chi connectivity index (χ1v) is 7.99. The minimum atomic E-state index is -0.322. The van der Waals surface area contributed by atoms with E-state index in [1.165, 1.54) is 0 Å². The molecule has 3 rings (SSSR count). The van der Waals surface area contributed by atoms with E-state index in [0.717, 1.165) is 18.7 Å². The zero-order chi connectivity index (χ0) is 17.6. The van der Waals surface area contributed by atoms with Gasteiger partial charge < -0.3 is 15.0 Å². The minimum Gasteiger partial charge on any atom is -0.482 e. The summed E-state index contributed by atoms with van der Waals surface area (Å²) < 4.78 is 5.39. The van der Waals surface area contributed by atoms with Gasteiger partial charge in [0.15, 0.2) is 6.61 Å². The molecular formula is C19H17N3O3. The van der Waals surface area contributed by atoms with Crippen LogP contribution in [-0.4, -0.2) is 25.0 Å². The van der Waals surface area contributed by atoms with E-state index >= 15 is 0 Å². The average Bonchev–Trinajstić information content (AvgIpc) is 3.07. The first kappa shape index (κ1) is 16.5. The Labute approximate surface area is 145 Å². The molecule has 0 unspecified atom stereocenters. The molecule has 6 nitrogen and oxygen atoms in total. The Morgan fingerprint density at radius 2 is 1.96 bits per heavy atom. The van der Waals surface area contributed by atoms with Crippen LogP contribution in [0.15, 0.2) is 48.5 Å². The second-order valence-corrected chi connectivity index (χ2v) is 5.64. The number of ether oxygens (including phenoxy) is 1. The van der Waals surface area contributed by atoms with Crippen molar-refractivity contribution in [2.24, 2.45) is 0 Å². The predicted molar refractivity (Wildman–Crippen MR) is 93.3 cm³/mol. The molecule has 2 amide bonds. The maximum atomic E-state index is 12.0. The molecule has 2 aromatic rings. The molecule has 0 radical (unpaired) electrons. The smallest absolute Gasteiger partial charge is 0.262 e. The van der Waals surface area contributed by atoms with Crippen LogP contribution < -0.4 is 15.0 Å². The van der Waals surface area contributed by atoms with E-state index in [0.29, 0.717) is 23.4 Å². The fraction of sp³-hybridized carbons (Fsp3) is 0.211. The van der Waals surface area contributed by atoms with E-state index in [4.69, 9.17) is 10.00 Å². The van der Waals surface area contributed by atoms with Crippen LogP contribution in [0.4, 0.5) is 11.4 Å². The van der Waals surface area contributed by atoms with Gasteiger partial charge in [0.2, 0.25) is 5.91 Å². The molecule has 0 saturated carbocycles. The van der Waals surface area contributed by atoms with Crippen molar-refractivity contribution in [3.63, 3.8) is 0 Å². The van der Waals surface area contributed by atoms with Crippen molar-refractivity contribution < 1.29 is 14.3 Å². The van der Waals surface area contributed by atoms with Crippen molar-refractivity contribution in [1.82, 2.24) is 0 Å². The minimum absolute atomic E-state index is 0.126. The molecule has 0 bridgehead atoms. The Morgan fingerprint density at radius 1 is 1.20 bits per heavy atom. The molecule has 0 spiro atoms. The quantitative estimate of drug-likeness (QED) is 0.911. The van der Waals surface area contributed by atoms with E-state index in [-0.39, 0.29) is 18.4 Å². The Hall–Kier alpha value is -3.33. The van der Waals surface area contributed by atoms with Gasteiger partial charge in [-0.25, -0.2) is 0 Å². The fourth-order valence-corrected chi connectivity index (χ4v) is 2.67. The topological polar surface area (TPSA) is 82.4 Å². The lowest BCUT2D eigenvalue weighted by Gasteiger charge is -2.16. The Morgan fingerprint density at radius 3 is 2.64 bits per heavy atom. The third-order valence-electron chi connectivity index (χ3n) is 3.90. The number of hydrogen-bond acceptors (Lipinski definition) is 4. The van der Waals surface area contributed by atoms with Crippen LogP contribution in [0.25, 0.3) is 0 Å². The Balaban J connectivity index is 1.56. The number of hydrogen-bond donors (Lipinski definition) is 1. The third kappa shape index (κ3) is 3.96. The number of rotatable bonds is 5. The van der Waals surface area contributed by atoms with Crippen molar-refractivity contribution >= 4 is 23.2 Å². The van der Waals surface area contributed by atoms with Crippen LogP contribution in [0.5, 0.6) is 5.75 Å². The number of nitrogens with one attached hydrogen (secondary N) is 1. The maximum absolute atomic E-state index is 12.0. The summed E-state index contributed by atoms with van der Waals surface area (Å²) in [5, 5.41) is 11.7. The van der Waals surface area contributed by atoms with Crippen LogP contribution in [0, 0.1) is 11.3 Å². The number of carbonyl (C=O) groups is 2. The third-order valence-corrected chi connectivity index (χ3v) is 3.90. The summed E-state index contributed by atoms with van der Waals surface area (Å²) in [4.78, 5) is 25.5. The van der Waals surface area contributed by atoms with Gasteiger partial charge in [0.05, 0.1) is 5.56 Å². The van der Waals surface area contributed by atoms with Crippen LogP contribution >= 0.6 is 0 Å². The van der Waals surface area contributed by atoms with Gasteiger partial charge in [0.1, 0.15) is 11.8 Å². The van der Waals surface area contributed by atoms with Crippen molar-refractivity contribution in [3.8, 4) is 11.8 Å². The summed E-state index contributed by atoms with van der Waals surface area (Å²) in [6, 6.07) is 15.9. The van der Waals surface area contributed by atoms with Crippen molar-refractivity contribution in [1.29, 1.82) is 5.26 Å². The highest BCUT2D eigenvalue weighted by Crippen LogP contribution is 2.23. The van der Waals surface area contributed by atoms with Crippen LogP contribution in [0.2, 0.25) is 0 Å². The summed E-state index contributed by atoms with van der Waals surface area (Å²) >= 11 is 0. The van der Waals surface area contributed by atoms with E-state index in [2.05, 4.69) is 5.32 Å². The lowest BCUT2D eigenvalue weighted by atomic mass is 10.2. The molecule has 25 heavy (non-hydrogen) atoms. The van der Waals surface area contributed by atoms with Crippen LogP contribution in [0.1, 0.15) is 18.4 Å². The normalized spacial score (nSPS) is 13.4. The monoisotopic (exact) mass is 335 g/mol. The number of amides is 2. The maximum Gasteiger partial charge on any atom is 0.262 e. The molecule has 6 heteroatoms. The summed E-state index contributed by atoms with van der Waals surface area (Å²) in [6.07, 6.45) is 1.46. The zero-order valence-electron chi connectivity index (χ0n) is 13.6. The van der Waals surface area contributed by atoms with E-state index < -0.39 is 0 Å². The SMILES string of the molecule is N#Cc1ccccc1OCC(=O)Nc1ccc(N2CCCC2=O)cc1. The van der Waals surface area contributed by atoms with Gasteiger partial charge in [-0.05, 0) is 42.8 Å². The van der Waals surface area contributed by atoms with E-state index in [1.807, 2.05) is 18.2 Å². The van der Waals surface area contributed by atoms with Crippen molar-refractivity contribution in [3.05, 3.63) is 54.1 Å². The summed E-state index contributed by atoms with van der Waals surface area (Å²) in [5.74, 6) is 0.183. The molecule has 1 fully saturated rings. The summed E-state index contributed by atoms with van der Waals surface area (Å²) in [7, 11) is 0. The highest BCUT2D eigenvalue weighted by atomic mass is 16.5. The summed E-state index contributed by atoms with van der Waals surface area (Å²) in [6.45, 7) is 0.543. The van der Waals surface area contributed by atoms with Gasteiger partial charge in [-0.2, -0.15) is 5.26 Å². The molecule has 2 aromatic carbocycles. The molecule has 0 aromatic heterocycles. The Kier molecular flexibility index (Phi) is 4.95. The van der Waals surface area contributed by atoms with Gasteiger partial charge in [-0.15, -0.1) is 0 Å². The number of para-hydroxylation sites is 1. The van der Waals surface area contributed by atoms with Crippen molar-refractivity contribution in [2.75, 3.05) is 23.4 Å². The largest absolute Gasteiger partial charge is 0.482 e. The van der Waals surface area contributed by atoms with Crippen molar-refractivity contribution in [2.45, 2.75) is 12.8 Å². The lowest BCUT2D eigenvalue weighted by Crippen LogP contribution is -2.23. The first-order valence-electron chi connectivity index (χ1n) is 7.99. The number of nitrogens with zero attached hydrogens (tertiary/aromatic N) is 2. The van der Waals surface area contributed by atoms with E-state index in [9.17, 15) is 9.59 Å². The molecule has 0 atom stereocenters. The van der Waals surface area contributed by atoms with Gasteiger partial charge in [0, 0.05) is 24.3 Å². The first-order chi connectivity index (χ1) is 12.2. The molecular weight excluding hydrogens is 318 g/mol. The molecule has 1 N–H and O–H groups in total. The number of carbonyl (C=O) groups excluding carboxylic acids is 2. The molecule has 0 aliphatic carbocycles. The van der Waals surface area contributed by atoms with Crippen LogP contribution in [-0.2, 0) is 9.59 Å². The zero-order valence-corrected chi connectivity index (χ0v) is 13.6. The standard InChI is InChI=1S/C19H17N3O3/c20-12-14-4-1-2-5-17(14)25-13-18(23)21-15-7-9-16(10-8-15)22-11-3-6-19(22)24/h1-2,4-5,7-10H,3,6,11,13H2,(H,21,23). The van der Waals surface area contributed by atoms with Gasteiger partial charge >= 0.3 is 0 Å². The number of benzene rings is 2. The van der Waals surface area contributed by atoms with Crippen LogP contribution in [0.3, 0.4) is 0 Å². The molecule has 1 heterocycles. The number of anilines is 2. The second kappa shape index (κ2) is 7.49. The fourth-order valence-electron chi connectivity index (χ4n) is 2.67. The lowest BCUT2D eigenvalue weighted by molar-refractivity contribution is -0.118. The molecule has 1 saturated heterocycles. The Bertz CT molecular complexity index is 825. The predicted octanol–water partition coefficient (Wildman–Crippen LogP) is 2.70.